The number of hydrogen-bond donors (Lipinski definition) is 1. The van der Waals surface area contributed by atoms with Crippen molar-refractivity contribution in [1.29, 1.82) is 0 Å². The van der Waals surface area contributed by atoms with Crippen molar-refractivity contribution in [2.75, 3.05) is 0 Å². The minimum atomic E-state index is -4.64. The number of benzene rings is 1. The number of hydrogen-bond acceptors (Lipinski definition) is 6. The highest BCUT2D eigenvalue weighted by Crippen LogP contribution is 2.30. The molecule has 0 amide bonds. The van der Waals surface area contributed by atoms with Crippen LogP contribution >= 0.6 is 11.6 Å². The monoisotopic (exact) mass is 514 g/mol. The maximum absolute atomic E-state index is 14.1. The molecule has 186 valence electrons. The molecule has 0 fully saturated rings. The third-order valence-electron chi connectivity index (χ3n) is 5.24. The number of aromatic amines is 1. The van der Waals surface area contributed by atoms with Crippen LogP contribution < -0.4 is 11.2 Å². The summed E-state index contributed by atoms with van der Waals surface area (Å²) in [5.41, 5.74) is -1.84. The fraction of sp³-hybridized carbons (Fsp3) is 0.400. The van der Waals surface area contributed by atoms with Gasteiger partial charge < -0.3 is 4.98 Å². The van der Waals surface area contributed by atoms with Crippen LogP contribution in [-0.4, -0.2) is 39.3 Å². The van der Waals surface area contributed by atoms with Gasteiger partial charge in [-0.1, -0.05) is 13.0 Å². The molecule has 15 heteroatoms. The molecule has 1 N–H and O–H groups in total. The van der Waals surface area contributed by atoms with Gasteiger partial charge in [-0.25, -0.2) is 9.18 Å². The molecule has 0 unspecified atom stereocenters. The van der Waals surface area contributed by atoms with Crippen LogP contribution in [0.5, 0.6) is 0 Å². The molecular formula is C20H19ClF4N8O2. The summed E-state index contributed by atoms with van der Waals surface area (Å²) < 4.78 is 54.6. The molecule has 0 aliphatic heterocycles. The Morgan fingerprint density at radius 2 is 1.89 bits per heavy atom. The normalized spacial score (nSPS) is 12.1. The first-order valence-electron chi connectivity index (χ1n) is 10.6. The van der Waals surface area contributed by atoms with E-state index < -0.39 is 28.8 Å². The number of alkyl halides is 3. The van der Waals surface area contributed by atoms with E-state index in [1.807, 2.05) is 6.92 Å². The number of nitrogens with one attached hydrogen (secondary N) is 1. The zero-order valence-electron chi connectivity index (χ0n) is 18.3. The maximum atomic E-state index is 14.1. The molecule has 0 spiro atoms. The van der Waals surface area contributed by atoms with Crippen LogP contribution in [0.1, 0.15) is 36.7 Å². The van der Waals surface area contributed by atoms with Crippen molar-refractivity contribution in [3.05, 3.63) is 67.1 Å². The SMILES string of the molecule is CCCn1c(=O)n(CCCn2nnc(Cc3ccc(C(F)(F)F)cc3F)n2)c(=O)c2[nH]c(Cl)nc21. The first kappa shape index (κ1) is 24.6. The summed E-state index contributed by atoms with van der Waals surface area (Å²) in [7, 11) is 0. The molecular weight excluding hydrogens is 496 g/mol. The predicted molar refractivity (Wildman–Crippen MR) is 117 cm³/mol. The van der Waals surface area contributed by atoms with Crippen LogP contribution in [0.3, 0.4) is 0 Å². The van der Waals surface area contributed by atoms with Crippen molar-refractivity contribution in [3.8, 4) is 0 Å². The second kappa shape index (κ2) is 9.60. The van der Waals surface area contributed by atoms with Crippen LogP contribution in [0.2, 0.25) is 5.28 Å². The number of tetrazole rings is 1. The first-order chi connectivity index (χ1) is 16.6. The van der Waals surface area contributed by atoms with E-state index in [-0.39, 0.29) is 47.3 Å². The smallest absolute Gasteiger partial charge is 0.323 e. The van der Waals surface area contributed by atoms with E-state index >= 15 is 0 Å². The van der Waals surface area contributed by atoms with Gasteiger partial charge in [-0.3, -0.25) is 13.9 Å². The van der Waals surface area contributed by atoms with Gasteiger partial charge in [0.1, 0.15) is 5.82 Å². The summed E-state index contributed by atoms with van der Waals surface area (Å²) in [4.78, 5) is 33.5. The molecule has 3 aromatic heterocycles. The highest BCUT2D eigenvalue weighted by atomic mass is 35.5. The highest BCUT2D eigenvalue weighted by molar-refractivity contribution is 6.28. The third kappa shape index (κ3) is 5.11. The summed E-state index contributed by atoms with van der Waals surface area (Å²) in [6, 6.07) is 2.24. The van der Waals surface area contributed by atoms with E-state index in [0.717, 1.165) is 16.7 Å². The number of aromatic nitrogens is 8. The average molecular weight is 515 g/mol. The quantitative estimate of drug-likeness (QED) is 0.285. The lowest BCUT2D eigenvalue weighted by atomic mass is 10.1. The number of imidazole rings is 1. The van der Waals surface area contributed by atoms with E-state index in [4.69, 9.17) is 11.6 Å². The zero-order valence-corrected chi connectivity index (χ0v) is 19.1. The number of H-pyrrole nitrogens is 1. The highest BCUT2D eigenvalue weighted by Gasteiger charge is 2.31. The number of rotatable bonds is 8. The van der Waals surface area contributed by atoms with Crippen molar-refractivity contribution in [2.45, 2.75) is 52.0 Å². The van der Waals surface area contributed by atoms with Crippen molar-refractivity contribution < 1.29 is 17.6 Å². The summed E-state index contributed by atoms with van der Waals surface area (Å²) in [5.74, 6) is -0.909. The molecule has 3 heterocycles. The molecule has 0 atom stereocenters. The number of aryl methyl sites for hydroxylation is 2. The van der Waals surface area contributed by atoms with Gasteiger partial charge in [-0.2, -0.15) is 23.0 Å². The van der Waals surface area contributed by atoms with E-state index in [1.165, 1.54) is 9.36 Å². The summed E-state index contributed by atoms with van der Waals surface area (Å²) in [6.45, 7) is 2.47. The molecule has 0 saturated carbocycles. The van der Waals surface area contributed by atoms with E-state index in [2.05, 4.69) is 25.4 Å². The molecule has 0 bridgehead atoms. The molecule has 0 saturated heterocycles. The molecule has 0 aliphatic carbocycles. The second-order valence-electron chi connectivity index (χ2n) is 7.75. The number of nitrogens with zero attached hydrogens (tertiary/aromatic N) is 7. The average Bonchev–Trinajstić information content (AvgIpc) is 3.40. The predicted octanol–water partition coefficient (Wildman–Crippen LogP) is 2.78. The van der Waals surface area contributed by atoms with Gasteiger partial charge in [0.2, 0.25) is 5.28 Å². The van der Waals surface area contributed by atoms with Crippen LogP contribution in [-0.2, 0) is 32.2 Å². The van der Waals surface area contributed by atoms with E-state index in [9.17, 15) is 27.2 Å². The lowest BCUT2D eigenvalue weighted by Crippen LogP contribution is -2.40. The van der Waals surface area contributed by atoms with Gasteiger partial charge in [0.05, 0.1) is 12.1 Å². The molecule has 4 rings (SSSR count). The largest absolute Gasteiger partial charge is 0.416 e. The fourth-order valence-corrected chi connectivity index (χ4v) is 3.78. The molecule has 4 aromatic rings. The Morgan fingerprint density at radius 1 is 1.11 bits per heavy atom. The standard InChI is InChI=1S/C20H19ClF4N8O2/c1-2-6-31-16-15(26-18(21)27-16)17(34)32(19(31)35)7-3-8-33-29-14(28-30-33)9-11-4-5-12(10-13(11)22)20(23,24)25/h4-5,10H,2-3,6-9H2,1H3,(H,26,27). The van der Waals surface area contributed by atoms with Crippen molar-refractivity contribution in [2.24, 2.45) is 0 Å². The molecule has 0 aliphatic rings. The molecule has 35 heavy (non-hydrogen) atoms. The Kier molecular flexibility index (Phi) is 6.74. The summed E-state index contributed by atoms with van der Waals surface area (Å²) >= 11 is 5.88. The van der Waals surface area contributed by atoms with Gasteiger partial charge in [-0.15, -0.1) is 10.2 Å². The minimum absolute atomic E-state index is 0.00271. The maximum Gasteiger partial charge on any atom is 0.416 e. The number of fused-ring (bicyclic) bond motifs is 1. The van der Waals surface area contributed by atoms with Gasteiger partial charge in [0, 0.05) is 19.5 Å². The lowest BCUT2D eigenvalue weighted by molar-refractivity contribution is -0.137. The minimum Gasteiger partial charge on any atom is -0.323 e. The topological polar surface area (TPSA) is 116 Å². The van der Waals surface area contributed by atoms with Crippen LogP contribution in [0.25, 0.3) is 11.2 Å². The Hall–Kier alpha value is -3.55. The Labute approximate surface area is 199 Å². The van der Waals surface area contributed by atoms with Gasteiger partial charge in [-0.05, 0) is 47.4 Å². The van der Waals surface area contributed by atoms with Crippen molar-refractivity contribution in [3.63, 3.8) is 0 Å². The van der Waals surface area contributed by atoms with Gasteiger partial charge >= 0.3 is 11.9 Å². The third-order valence-corrected chi connectivity index (χ3v) is 5.42. The Morgan fingerprint density at radius 3 is 2.57 bits per heavy atom. The first-order valence-corrected chi connectivity index (χ1v) is 11.0. The second-order valence-corrected chi connectivity index (χ2v) is 8.11. The van der Waals surface area contributed by atoms with Crippen molar-refractivity contribution in [1.82, 2.24) is 39.3 Å². The van der Waals surface area contributed by atoms with Crippen LogP contribution in [0, 0.1) is 5.82 Å². The van der Waals surface area contributed by atoms with Gasteiger partial charge in [0.15, 0.2) is 17.0 Å². The van der Waals surface area contributed by atoms with Crippen molar-refractivity contribution >= 4 is 22.8 Å². The summed E-state index contributed by atoms with van der Waals surface area (Å²) in [6.07, 6.45) is -3.86. The Balaban J connectivity index is 1.46. The van der Waals surface area contributed by atoms with E-state index in [0.29, 0.717) is 25.5 Å². The summed E-state index contributed by atoms with van der Waals surface area (Å²) in [5, 5.41) is 11.7. The lowest BCUT2D eigenvalue weighted by Gasteiger charge is -2.10. The van der Waals surface area contributed by atoms with Gasteiger partial charge in [0.25, 0.3) is 5.56 Å². The fourth-order valence-electron chi connectivity index (χ4n) is 3.61. The zero-order chi connectivity index (χ0) is 25.3. The molecule has 1 aromatic carbocycles. The van der Waals surface area contributed by atoms with Crippen LogP contribution in [0.15, 0.2) is 27.8 Å². The van der Waals surface area contributed by atoms with Crippen LogP contribution in [0.4, 0.5) is 17.6 Å². The molecule has 10 nitrogen and oxygen atoms in total. The Bertz CT molecular complexity index is 1490. The molecule has 0 radical (unpaired) electrons. The van der Waals surface area contributed by atoms with E-state index in [1.54, 1.807) is 0 Å². The number of halogens is 5.